The van der Waals surface area contributed by atoms with Gasteiger partial charge in [0.2, 0.25) is 0 Å². The van der Waals surface area contributed by atoms with Crippen LogP contribution in [0.4, 0.5) is 0 Å². The van der Waals surface area contributed by atoms with E-state index in [1.165, 1.54) is 22.5 Å². The highest BCUT2D eigenvalue weighted by Gasteiger charge is 2.10. The van der Waals surface area contributed by atoms with Crippen LogP contribution in [0, 0.1) is 26.2 Å². The van der Waals surface area contributed by atoms with Gasteiger partial charge in [-0.3, -0.25) is 4.79 Å². The van der Waals surface area contributed by atoms with Gasteiger partial charge in [-0.05, 0) is 60.0 Å². The van der Waals surface area contributed by atoms with E-state index >= 15 is 0 Å². The van der Waals surface area contributed by atoms with Gasteiger partial charge in [0.25, 0.3) is 5.91 Å². The van der Waals surface area contributed by atoms with Crippen LogP contribution in [0.5, 0.6) is 0 Å². The van der Waals surface area contributed by atoms with E-state index in [0.29, 0.717) is 16.9 Å². The first-order valence-corrected chi connectivity index (χ1v) is 9.50. The normalized spacial score (nSPS) is 11.8. The Labute approximate surface area is 161 Å². The van der Waals surface area contributed by atoms with Crippen molar-refractivity contribution in [1.82, 2.24) is 4.57 Å². The number of thiazole rings is 1. The highest BCUT2D eigenvalue weighted by molar-refractivity contribution is 7.16. The minimum absolute atomic E-state index is 0.258. The molecule has 0 fully saturated rings. The van der Waals surface area contributed by atoms with Crippen LogP contribution in [0.15, 0.2) is 59.6 Å². The maximum atomic E-state index is 12.8. The van der Waals surface area contributed by atoms with E-state index in [4.69, 9.17) is 6.42 Å². The molecular formula is C23H18N2OS. The molecule has 1 aromatic heterocycles. The largest absolute Gasteiger partial charge is 0.305 e. The number of rotatable bonds is 2. The summed E-state index contributed by atoms with van der Waals surface area (Å²) in [5, 5.41) is 2.13. The molecule has 0 aliphatic rings. The van der Waals surface area contributed by atoms with E-state index in [-0.39, 0.29) is 5.91 Å². The lowest BCUT2D eigenvalue weighted by Gasteiger charge is -2.03. The lowest BCUT2D eigenvalue weighted by Crippen LogP contribution is -2.16. The number of carbonyl (C=O) groups excluding carboxylic acids is 1. The molecule has 0 saturated heterocycles. The van der Waals surface area contributed by atoms with E-state index in [0.717, 1.165) is 21.0 Å². The molecule has 0 aliphatic heterocycles. The smallest absolute Gasteiger partial charge is 0.279 e. The van der Waals surface area contributed by atoms with Crippen LogP contribution in [0.2, 0.25) is 0 Å². The summed E-state index contributed by atoms with van der Waals surface area (Å²) >= 11 is 1.49. The Bertz CT molecular complexity index is 1300. The van der Waals surface area contributed by atoms with Crippen LogP contribution in [0.25, 0.3) is 21.0 Å². The molecule has 0 atom stereocenters. The monoisotopic (exact) mass is 370 g/mol. The van der Waals surface area contributed by atoms with Gasteiger partial charge < -0.3 is 4.57 Å². The average molecular weight is 370 g/mol. The molecule has 0 radical (unpaired) electrons. The lowest BCUT2D eigenvalue weighted by atomic mass is 10.1. The van der Waals surface area contributed by atoms with Crippen LogP contribution in [0.1, 0.15) is 21.5 Å². The number of terminal acetylenes is 1. The third-order valence-corrected chi connectivity index (χ3v) is 5.78. The topological polar surface area (TPSA) is 34.4 Å². The zero-order valence-corrected chi connectivity index (χ0v) is 16.0. The third kappa shape index (κ3) is 3.18. The number of aromatic nitrogens is 1. The fourth-order valence-corrected chi connectivity index (χ4v) is 4.23. The number of nitrogens with zero attached hydrogens (tertiary/aromatic N) is 2. The van der Waals surface area contributed by atoms with Crippen molar-refractivity contribution in [3.05, 3.63) is 76.1 Å². The van der Waals surface area contributed by atoms with Crippen LogP contribution in [0.3, 0.4) is 0 Å². The van der Waals surface area contributed by atoms with Gasteiger partial charge in [-0.25, -0.2) is 0 Å². The van der Waals surface area contributed by atoms with Gasteiger partial charge in [0.15, 0.2) is 4.80 Å². The maximum Gasteiger partial charge on any atom is 0.279 e. The van der Waals surface area contributed by atoms with Crippen molar-refractivity contribution in [3.8, 4) is 12.3 Å². The first-order chi connectivity index (χ1) is 13.1. The molecule has 1 amide bonds. The summed E-state index contributed by atoms with van der Waals surface area (Å²) in [5.74, 6) is 2.41. The summed E-state index contributed by atoms with van der Waals surface area (Å²) < 4.78 is 3.02. The lowest BCUT2D eigenvalue weighted by molar-refractivity contribution is 0.0998. The molecule has 0 saturated carbocycles. The number of aryl methyl sites for hydroxylation is 2. The van der Waals surface area contributed by atoms with Crippen LogP contribution in [-0.4, -0.2) is 10.5 Å². The Morgan fingerprint density at radius 1 is 1.07 bits per heavy atom. The molecule has 4 aromatic rings. The summed E-state index contributed by atoms with van der Waals surface area (Å²) in [6, 6.07) is 17.9. The molecule has 132 valence electrons. The second-order valence-corrected chi connectivity index (χ2v) is 7.57. The highest BCUT2D eigenvalue weighted by Crippen LogP contribution is 2.22. The summed E-state index contributed by atoms with van der Waals surface area (Å²) in [6.45, 7) is 4.53. The Morgan fingerprint density at radius 3 is 2.59 bits per heavy atom. The van der Waals surface area contributed by atoms with Gasteiger partial charge >= 0.3 is 0 Å². The Hall–Kier alpha value is -3.16. The number of hydrogen-bond acceptors (Lipinski definition) is 2. The standard InChI is InChI=1S/C23H18N2OS/c1-4-11-25-20-12-15(2)16(3)13-21(20)27-23(25)24-22(26)19-10-9-17-7-5-6-8-18(17)14-19/h1,5-10,12-14H,11H2,2-3H3. The predicted molar refractivity (Wildman–Crippen MR) is 112 cm³/mol. The van der Waals surface area contributed by atoms with E-state index < -0.39 is 0 Å². The number of hydrogen-bond donors (Lipinski definition) is 0. The van der Waals surface area contributed by atoms with E-state index in [9.17, 15) is 4.79 Å². The van der Waals surface area contributed by atoms with Crippen molar-refractivity contribution in [2.75, 3.05) is 0 Å². The maximum absolute atomic E-state index is 12.8. The van der Waals surface area contributed by atoms with Crippen molar-refractivity contribution in [3.63, 3.8) is 0 Å². The third-order valence-electron chi connectivity index (χ3n) is 4.74. The quantitative estimate of drug-likeness (QED) is 0.465. The molecule has 0 spiro atoms. The molecule has 4 rings (SSSR count). The zero-order chi connectivity index (χ0) is 19.0. The van der Waals surface area contributed by atoms with Crippen molar-refractivity contribution >= 4 is 38.2 Å². The fourth-order valence-electron chi connectivity index (χ4n) is 3.12. The number of amides is 1. The molecule has 0 N–H and O–H groups in total. The van der Waals surface area contributed by atoms with Gasteiger partial charge in [-0.15, -0.1) is 6.42 Å². The first kappa shape index (κ1) is 17.3. The molecule has 0 unspecified atom stereocenters. The number of fused-ring (bicyclic) bond motifs is 2. The minimum Gasteiger partial charge on any atom is -0.305 e. The first-order valence-electron chi connectivity index (χ1n) is 8.69. The molecule has 27 heavy (non-hydrogen) atoms. The van der Waals surface area contributed by atoms with E-state index in [1.54, 1.807) is 0 Å². The van der Waals surface area contributed by atoms with Crippen molar-refractivity contribution in [1.29, 1.82) is 0 Å². The number of carbonyl (C=O) groups is 1. The van der Waals surface area contributed by atoms with Crippen molar-refractivity contribution in [2.24, 2.45) is 4.99 Å². The summed E-state index contributed by atoms with van der Waals surface area (Å²) in [6.07, 6.45) is 5.56. The van der Waals surface area contributed by atoms with Gasteiger partial charge in [-0.2, -0.15) is 4.99 Å². The van der Waals surface area contributed by atoms with E-state index in [2.05, 4.69) is 36.9 Å². The zero-order valence-electron chi connectivity index (χ0n) is 15.2. The molecular weight excluding hydrogens is 352 g/mol. The van der Waals surface area contributed by atoms with Crippen molar-refractivity contribution in [2.45, 2.75) is 20.4 Å². The Morgan fingerprint density at radius 2 is 1.81 bits per heavy atom. The highest BCUT2D eigenvalue weighted by atomic mass is 32.1. The van der Waals surface area contributed by atoms with Crippen LogP contribution < -0.4 is 4.80 Å². The van der Waals surface area contributed by atoms with Gasteiger partial charge in [0.05, 0.1) is 16.8 Å². The SMILES string of the molecule is C#CCn1c(=NC(=O)c2ccc3ccccc3c2)sc2cc(C)c(C)cc21. The minimum atomic E-state index is -0.258. The molecule has 1 heterocycles. The summed E-state index contributed by atoms with van der Waals surface area (Å²) in [4.78, 5) is 17.8. The molecule has 0 aliphatic carbocycles. The van der Waals surface area contributed by atoms with Crippen LogP contribution in [-0.2, 0) is 6.54 Å². The van der Waals surface area contributed by atoms with Gasteiger partial charge in [0.1, 0.15) is 0 Å². The molecule has 3 nitrogen and oxygen atoms in total. The Balaban J connectivity index is 1.86. The average Bonchev–Trinajstić information content (AvgIpc) is 2.98. The van der Waals surface area contributed by atoms with Gasteiger partial charge in [-0.1, -0.05) is 47.6 Å². The predicted octanol–water partition coefficient (Wildman–Crippen LogP) is 4.85. The van der Waals surface area contributed by atoms with E-state index in [1.807, 2.05) is 47.0 Å². The second-order valence-electron chi connectivity index (χ2n) is 6.56. The second kappa shape index (κ2) is 6.86. The Kier molecular flexibility index (Phi) is 4.39. The molecule has 3 aromatic carbocycles. The molecule has 0 bridgehead atoms. The summed E-state index contributed by atoms with van der Waals surface area (Å²) in [5.41, 5.74) is 4.00. The fraction of sp³-hybridized carbons (Fsp3) is 0.130. The van der Waals surface area contributed by atoms with Crippen molar-refractivity contribution < 1.29 is 4.79 Å². The molecule has 4 heteroatoms. The number of benzene rings is 3. The van der Waals surface area contributed by atoms with Crippen LogP contribution >= 0.6 is 11.3 Å². The van der Waals surface area contributed by atoms with Gasteiger partial charge in [0, 0.05) is 5.56 Å². The summed E-state index contributed by atoms with van der Waals surface area (Å²) in [7, 11) is 0.